The van der Waals surface area contributed by atoms with E-state index < -0.39 is 0 Å². The average Bonchev–Trinajstić information content (AvgIpc) is 2.84. The highest BCUT2D eigenvalue weighted by Crippen LogP contribution is 2.22. The van der Waals surface area contributed by atoms with Crippen molar-refractivity contribution in [2.45, 2.75) is 12.6 Å². The molecule has 2 rings (SSSR count). The number of amides is 1. The molecule has 1 saturated heterocycles. The molecule has 1 aliphatic heterocycles. The lowest BCUT2D eigenvalue weighted by Gasteiger charge is -2.32. The molecule has 20 heavy (non-hydrogen) atoms. The number of hydrogen-bond donors (Lipinski definition) is 1. The van der Waals surface area contributed by atoms with E-state index in [2.05, 4.69) is 11.4 Å². The second kappa shape index (κ2) is 7.04. The molecule has 0 aromatic carbocycles. The van der Waals surface area contributed by atoms with Gasteiger partial charge in [-0.1, -0.05) is 11.6 Å². The van der Waals surface area contributed by atoms with Gasteiger partial charge in [-0.25, -0.2) is 0 Å². The van der Waals surface area contributed by atoms with Crippen molar-refractivity contribution in [1.29, 1.82) is 5.26 Å². The smallest absolute Gasteiger partial charge is 0.236 e. The lowest BCUT2D eigenvalue weighted by molar-refractivity contribution is -0.132. The molecular formula is C13H17ClN4OS. The van der Waals surface area contributed by atoms with Crippen molar-refractivity contribution in [1.82, 2.24) is 15.1 Å². The summed E-state index contributed by atoms with van der Waals surface area (Å²) in [4.78, 5) is 16.9. The fourth-order valence-corrected chi connectivity index (χ4v) is 3.26. The van der Waals surface area contributed by atoms with Gasteiger partial charge in [0.15, 0.2) is 0 Å². The van der Waals surface area contributed by atoms with Crippen LogP contribution in [0.1, 0.15) is 4.88 Å². The highest BCUT2D eigenvalue weighted by molar-refractivity contribution is 7.16. The van der Waals surface area contributed by atoms with Crippen molar-refractivity contribution in [2.75, 3.05) is 33.2 Å². The third-order valence-corrected chi connectivity index (χ3v) is 4.51. The second-order valence-electron chi connectivity index (χ2n) is 4.78. The summed E-state index contributed by atoms with van der Waals surface area (Å²) in [7, 11) is 1.78. The standard InChI is InChI=1S/C13H17ClN4OS/c1-17(8-11-2-3-12(14)20-11)13(19)9-18-5-4-16-7-10(18)6-15/h2-3,10,16H,4-5,7-9H2,1H3. The normalized spacial score (nSPS) is 19.6. The summed E-state index contributed by atoms with van der Waals surface area (Å²) in [5.74, 6) is 0.0247. The topological polar surface area (TPSA) is 59.4 Å². The molecule has 1 atom stereocenters. The van der Waals surface area contributed by atoms with Gasteiger partial charge in [-0.2, -0.15) is 5.26 Å². The van der Waals surface area contributed by atoms with Crippen molar-refractivity contribution in [3.63, 3.8) is 0 Å². The third kappa shape index (κ3) is 3.93. The molecule has 1 aromatic heterocycles. The van der Waals surface area contributed by atoms with E-state index in [1.54, 1.807) is 11.9 Å². The summed E-state index contributed by atoms with van der Waals surface area (Å²) in [6.45, 7) is 3.00. The molecule has 1 fully saturated rings. The molecule has 108 valence electrons. The first kappa shape index (κ1) is 15.3. The highest BCUT2D eigenvalue weighted by Gasteiger charge is 2.24. The Morgan fingerprint density at radius 1 is 1.70 bits per heavy atom. The van der Waals surface area contributed by atoms with Gasteiger partial charge in [0.25, 0.3) is 0 Å². The number of nitrogens with zero attached hydrogens (tertiary/aromatic N) is 3. The Bertz CT molecular complexity index is 513. The van der Waals surface area contributed by atoms with Gasteiger partial charge in [0, 0.05) is 31.6 Å². The van der Waals surface area contributed by atoms with E-state index >= 15 is 0 Å². The van der Waals surface area contributed by atoms with E-state index in [1.807, 2.05) is 17.0 Å². The van der Waals surface area contributed by atoms with Crippen LogP contribution in [0.4, 0.5) is 0 Å². The molecule has 1 amide bonds. The molecule has 1 aliphatic rings. The zero-order chi connectivity index (χ0) is 14.5. The number of hydrogen-bond acceptors (Lipinski definition) is 5. The summed E-state index contributed by atoms with van der Waals surface area (Å²) < 4.78 is 0.729. The molecule has 5 nitrogen and oxygen atoms in total. The number of rotatable bonds is 4. The van der Waals surface area contributed by atoms with E-state index in [0.717, 1.165) is 22.3 Å². The van der Waals surface area contributed by atoms with Gasteiger partial charge in [0.2, 0.25) is 5.91 Å². The van der Waals surface area contributed by atoms with Gasteiger partial charge in [-0.15, -0.1) is 11.3 Å². The van der Waals surface area contributed by atoms with Crippen LogP contribution in [0.5, 0.6) is 0 Å². The van der Waals surface area contributed by atoms with Gasteiger partial charge in [-0.3, -0.25) is 9.69 Å². The molecule has 0 radical (unpaired) electrons. The first-order valence-electron chi connectivity index (χ1n) is 6.42. The lowest BCUT2D eigenvalue weighted by atomic mass is 10.2. The van der Waals surface area contributed by atoms with Crippen LogP contribution in [0.3, 0.4) is 0 Å². The minimum atomic E-state index is -0.225. The van der Waals surface area contributed by atoms with E-state index in [1.165, 1.54) is 11.3 Å². The van der Waals surface area contributed by atoms with Crippen LogP contribution < -0.4 is 5.32 Å². The number of nitriles is 1. The Kier molecular flexibility index (Phi) is 5.38. The zero-order valence-corrected chi connectivity index (χ0v) is 12.9. The highest BCUT2D eigenvalue weighted by atomic mass is 35.5. The Hall–Kier alpha value is -1.13. The van der Waals surface area contributed by atoms with Crippen LogP contribution >= 0.6 is 22.9 Å². The van der Waals surface area contributed by atoms with Crippen LogP contribution in [0.15, 0.2) is 12.1 Å². The number of thiophene rings is 1. The van der Waals surface area contributed by atoms with E-state index in [0.29, 0.717) is 13.1 Å². The molecule has 2 heterocycles. The number of likely N-dealkylation sites (N-methyl/N-ethyl adjacent to an activating group) is 1. The quantitative estimate of drug-likeness (QED) is 0.906. The summed E-state index contributed by atoms with van der Waals surface area (Å²) >= 11 is 7.36. The Labute approximate surface area is 127 Å². The number of carbonyl (C=O) groups is 1. The third-order valence-electron chi connectivity index (χ3n) is 3.29. The maximum absolute atomic E-state index is 12.2. The molecule has 7 heteroatoms. The summed E-state index contributed by atoms with van der Waals surface area (Å²) in [6, 6.07) is 5.77. The zero-order valence-electron chi connectivity index (χ0n) is 11.3. The van der Waals surface area contributed by atoms with Crippen LogP contribution in [0, 0.1) is 11.3 Å². The first-order valence-corrected chi connectivity index (χ1v) is 7.62. The van der Waals surface area contributed by atoms with Gasteiger partial charge in [0.1, 0.15) is 6.04 Å². The van der Waals surface area contributed by atoms with Crippen LogP contribution in [-0.4, -0.2) is 55.0 Å². The second-order valence-corrected chi connectivity index (χ2v) is 6.57. The molecule has 0 bridgehead atoms. The monoisotopic (exact) mass is 312 g/mol. The van der Waals surface area contributed by atoms with Gasteiger partial charge >= 0.3 is 0 Å². The minimum absolute atomic E-state index is 0.0247. The molecule has 1 aromatic rings. The Balaban J connectivity index is 1.88. The maximum atomic E-state index is 12.2. The van der Waals surface area contributed by atoms with Crippen LogP contribution in [0.25, 0.3) is 0 Å². The minimum Gasteiger partial charge on any atom is -0.340 e. The maximum Gasteiger partial charge on any atom is 0.236 e. The SMILES string of the molecule is CN(Cc1ccc(Cl)s1)C(=O)CN1CCNCC1C#N. The van der Waals surface area contributed by atoms with Crippen LogP contribution in [0.2, 0.25) is 4.34 Å². The van der Waals surface area contributed by atoms with Gasteiger partial charge < -0.3 is 10.2 Å². The first-order chi connectivity index (χ1) is 9.60. The Morgan fingerprint density at radius 3 is 3.15 bits per heavy atom. The molecule has 0 aliphatic carbocycles. The fraction of sp³-hybridized carbons (Fsp3) is 0.538. The van der Waals surface area contributed by atoms with Crippen LogP contribution in [-0.2, 0) is 11.3 Å². The van der Waals surface area contributed by atoms with Gasteiger partial charge in [0.05, 0.1) is 23.5 Å². The number of halogens is 1. The van der Waals surface area contributed by atoms with Crippen molar-refractivity contribution >= 4 is 28.8 Å². The predicted molar refractivity (Wildman–Crippen MR) is 79.6 cm³/mol. The molecule has 0 spiro atoms. The number of carbonyl (C=O) groups excluding carboxylic acids is 1. The number of nitrogens with one attached hydrogen (secondary N) is 1. The molecule has 1 N–H and O–H groups in total. The van der Waals surface area contributed by atoms with Crippen molar-refractivity contribution in [3.05, 3.63) is 21.3 Å². The average molecular weight is 313 g/mol. The molecule has 1 unspecified atom stereocenters. The molecular weight excluding hydrogens is 296 g/mol. The fourth-order valence-electron chi connectivity index (χ4n) is 2.12. The summed E-state index contributed by atoms with van der Waals surface area (Å²) in [5, 5.41) is 12.2. The lowest BCUT2D eigenvalue weighted by Crippen LogP contribution is -2.53. The summed E-state index contributed by atoms with van der Waals surface area (Å²) in [6.07, 6.45) is 0. The van der Waals surface area contributed by atoms with E-state index in [-0.39, 0.29) is 18.5 Å². The molecule has 0 saturated carbocycles. The van der Waals surface area contributed by atoms with E-state index in [4.69, 9.17) is 16.9 Å². The van der Waals surface area contributed by atoms with Crippen molar-refractivity contribution in [3.8, 4) is 6.07 Å². The number of piperazine rings is 1. The Morgan fingerprint density at radius 2 is 2.50 bits per heavy atom. The van der Waals surface area contributed by atoms with Crippen molar-refractivity contribution < 1.29 is 4.79 Å². The summed E-state index contributed by atoms with van der Waals surface area (Å²) in [5.41, 5.74) is 0. The largest absolute Gasteiger partial charge is 0.340 e. The van der Waals surface area contributed by atoms with Gasteiger partial charge in [-0.05, 0) is 12.1 Å². The van der Waals surface area contributed by atoms with E-state index in [9.17, 15) is 4.79 Å². The predicted octanol–water partition coefficient (Wildman–Crippen LogP) is 1.16. The van der Waals surface area contributed by atoms with Crippen molar-refractivity contribution in [2.24, 2.45) is 0 Å².